The van der Waals surface area contributed by atoms with Gasteiger partial charge in [-0.3, -0.25) is 0 Å². The number of benzene rings is 2. The molecule has 2 aromatic rings. The molecule has 1 heteroatoms. The van der Waals surface area contributed by atoms with E-state index in [-0.39, 0.29) is 10.8 Å². The summed E-state index contributed by atoms with van der Waals surface area (Å²) in [5.41, 5.74) is 6.01. The fraction of sp³-hybridized carbons (Fsp3) is 0.381. The molecule has 22 heavy (non-hydrogen) atoms. The maximum absolute atomic E-state index is 2.30. The van der Waals surface area contributed by atoms with E-state index < -0.39 is 0 Å². The van der Waals surface area contributed by atoms with Crippen molar-refractivity contribution in [3.63, 3.8) is 0 Å². The first kappa shape index (κ1) is 17.5. The Bertz CT molecular complexity index is 622. The van der Waals surface area contributed by atoms with Gasteiger partial charge in [0.2, 0.25) is 0 Å². The number of rotatable bonds is 2. The van der Waals surface area contributed by atoms with Gasteiger partial charge in [0.05, 0.1) is 0 Å². The zero-order valence-corrected chi connectivity index (χ0v) is 17.1. The van der Waals surface area contributed by atoms with Gasteiger partial charge in [0.1, 0.15) is 0 Å². The molecule has 0 atom stereocenters. The molecule has 0 heterocycles. The average Bonchev–Trinajstić information content (AvgIpc) is 2.45. The second-order valence-electron chi connectivity index (χ2n) is 7.97. The summed E-state index contributed by atoms with van der Waals surface area (Å²) >= 11 is 1.47. The van der Waals surface area contributed by atoms with Crippen LogP contribution in [-0.4, -0.2) is 3.21 Å². The molecule has 112 valence electrons. The Morgan fingerprint density at radius 3 is 1.27 bits per heavy atom. The van der Waals surface area contributed by atoms with Crippen LogP contribution in [0.2, 0.25) is 0 Å². The molecule has 0 amide bonds. The molecule has 0 aliphatic carbocycles. The van der Waals surface area contributed by atoms with E-state index in [1.807, 2.05) is 0 Å². The molecule has 0 aliphatic rings. The van der Waals surface area contributed by atoms with Crippen LogP contribution in [0.15, 0.2) is 48.5 Å². The van der Waals surface area contributed by atoms with Crippen molar-refractivity contribution in [2.75, 3.05) is 0 Å². The zero-order valence-electron chi connectivity index (χ0n) is 14.6. The monoisotopic (exact) mass is 368 g/mol. The van der Waals surface area contributed by atoms with Crippen molar-refractivity contribution in [3.8, 4) is 0 Å². The molecule has 0 bridgehead atoms. The van der Waals surface area contributed by atoms with Crippen LogP contribution in [0.1, 0.15) is 63.8 Å². The third kappa shape index (κ3) is 3.74. The van der Waals surface area contributed by atoms with Crippen molar-refractivity contribution in [1.29, 1.82) is 0 Å². The van der Waals surface area contributed by atoms with E-state index in [4.69, 9.17) is 0 Å². The first-order valence-corrected chi connectivity index (χ1v) is 9.13. The van der Waals surface area contributed by atoms with Crippen LogP contribution in [0.5, 0.6) is 0 Å². The number of hydrogen-bond acceptors (Lipinski definition) is 0. The Morgan fingerprint density at radius 2 is 0.955 bits per heavy atom. The van der Waals surface area contributed by atoms with E-state index in [1.165, 1.54) is 49.7 Å². The van der Waals surface area contributed by atoms with Gasteiger partial charge in [0, 0.05) is 0 Å². The van der Waals surface area contributed by atoms with Crippen LogP contribution in [-0.2, 0) is 35.1 Å². The third-order valence-corrected chi connectivity index (χ3v) is 5.33. The summed E-state index contributed by atoms with van der Waals surface area (Å²) in [6.07, 6.45) is 0. The van der Waals surface area contributed by atoms with Crippen molar-refractivity contribution in [2.45, 2.75) is 52.4 Å². The molecule has 0 unspecified atom stereocenters. The Morgan fingerprint density at radius 1 is 0.636 bits per heavy atom. The van der Waals surface area contributed by atoms with Crippen LogP contribution < -0.4 is 0 Å². The summed E-state index contributed by atoms with van der Waals surface area (Å²) in [5, 5.41) is 0. The fourth-order valence-electron chi connectivity index (χ4n) is 2.86. The van der Waals surface area contributed by atoms with Crippen LogP contribution in [0.4, 0.5) is 0 Å². The van der Waals surface area contributed by atoms with Crippen LogP contribution in [0.25, 0.3) is 0 Å². The van der Waals surface area contributed by atoms with E-state index in [2.05, 4.69) is 90.1 Å². The van der Waals surface area contributed by atoms with Gasteiger partial charge in [-0.2, -0.15) is 0 Å². The van der Waals surface area contributed by atoms with Crippen molar-refractivity contribution >= 4 is 3.21 Å². The summed E-state index contributed by atoms with van der Waals surface area (Å²) in [6, 6.07) is 17.8. The molecule has 0 spiro atoms. The minimum absolute atomic E-state index is 0.162. The Labute approximate surface area is 150 Å². The van der Waals surface area contributed by atoms with Gasteiger partial charge >= 0.3 is 151 Å². The molecule has 0 saturated carbocycles. The van der Waals surface area contributed by atoms with E-state index in [0.717, 1.165) is 0 Å². The zero-order chi connectivity index (χ0) is 16.5. The van der Waals surface area contributed by atoms with Crippen LogP contribution in [0.3, 0.4) is 0 Å². The fourth-order valence-corrected chi connectivity index (χ4v) is 3.93. The van der Waals surface area contributed by atoms with Gasteiger partial charge in [0.25, 0.3) is 0 Å². The van der Waals surface area contributed by atoms with Gasteiger partial charge in [-0.1, -0.05) is 0 Å². The molecule has 0 aromatic heterocycles. The van der Waals surface area contributed by atoms with Gasteiger partial charge in [-0.15, -0.1) is 0 Å². The Hall–Kier alpha value is -0.807. The van der Waals surface area contributed by atoms with Crippen molar-refractivity contribution in [1.82, 2.24) is 0 Å². The molecule has 0 fully saturated rings. The standard InChI is InChI=1S/C21H26.Zr/c1-20(2,3)18-13-9-7-11-16(18)15-17-12-8-10-14-19(17)21(4,5)6;/h7-14H,1-6H3;/q;+2. The average molecular weight is 370 g/mol. The summed E-state index contributed by atoms with van der Waals surface area (Å²) in [4.78, 5) is 0. The predicted molar refractivity (Wildman–Crippen MR) is 93.5 cm³/mol. The SMILES string of the molecule is CC(C)(C)c1ccccc1[C](=[Zr+2])c1ccccc1C(C)(C)C. The minimum atomic E-state index is 0.162. The second-order valence-corrected chi connectivity index (χ2v) is 9.20. The summed E-state index contributed by atoms with van der Waals surface area (Å²) < 4.78 is 1.46. The topological polar surface area (TPSA) is 0 Å². The first-order valence-electron chi connectivity index (χ1n) is 7.90. The van der Waals surface area contributed by atoms with E-state index in [9.17, 15) is 0 Å². The molecule has 0 nitrogen and oxygen atoms in total. The Kier molecular flexibility index (Phi) is 5.07. The second kappa shape index (κ2) is 6.36. The molecular formula is C21H26Zr+2. The third-order valence-electron chi connectivity index (χ3n) is 4.01. The summed E-state index contributed by atoms with van der Waals surface area (Å²) in [7, 11) is 0. The van der Waals surface area contributed by atoms with E-state index in [1.54, 1.807) is 0 Å². The van der Waals surface area contributed by atoms with Crippen LogP contribution in [0, 0.1) is 0 Å². The molecule has 0 aliphatic heterocycles. The quantitative estimate of drug-likeness (QED) is 0.665. The summed E-state index contributed by atoms with van der Waals surface area (Å²) in [5.74, 6) is 0. The van der Waals surface area contributed by atoms with Crippen molar-refractivity contribution in [2.24, 2.45) is 0 Å². The van der Waals surface area contributed by atoms with Crippen molar-refractivity contribution in [3.05, 3.63) is 70.8 Å². The van der Waals surface area contributed by atoms with Gasteiger partial charge in [0.15, 0.2) is 0 Å². The molecule has 0 saturated heterocycles. The summed E-state index contributed by atoms with van der Waals surface area (Å²) in [6.45, 7) is 13.8. The number of hydrogen-bond donors (Lipinski definition) is 0. The van der Waals surface area contributed by atoms with Gasteiger partial charge < -0.3 is 0 Å². The molecule has 0 radical (unpaired) electrons. The first-order chi connectivity index (χ1) is 10.1. The van der Waals surface area contributed by atoms with Crippen molar-refractivity contribution < 1.29 is 24.2 Å². The van der Waals surface area contributed by atoms with Crippen LogP contribution >= 0.6 is 0 Å². The molecule has 0 N–H and O–H groups in total. The Balaban J connectivity index is 2.61. The van der Waals surface area contributed by atoms with Gasteiger partial charge in [-0.05, 0) is 0 Å². The maximum atomic E-state index is 2.30. The van der Waals surface area contributed by atoms with E-state index in [0.29, 0.717) is 0 Å². The normalized spacial score (nSPS) is 12.4. The van der Waals surface area contributed by atoms with Gasteiger partial charge in [-0.25, -0.2) is 0 Å². The molecule has 2 rings (SSSR count). The molecular weight excluding hydrogens is 343 g/mol. The molecule has 2 aromatic carbocycles. The predicted octanol–water partition coefficient (Wildman–Crippen LogP) is 5.40. The van der Waals surface area contributed by atoms with E-state index >= 15 is 0 Å².